The van der Waals surface area contributed by atoms with Crippen LogP contribution in [0.2, 0.25) is 0 Å². The van der Waals surface area contributed by atoms with Crippen molar-refractivity contribution in [2.75, 3.05) is 19.7 Å². The van der Waals surface area contributed by atoms with Crippen LogP contribution in [-0.2, 0) is 14.8 Å². The van der Waals surface area contributed by atoms with Crippen molar-refractivity contribution in [2.45, 2.75) is 30.8 Å². The van der Waals surface area contributed by atoms with E-state index in [9.17, 15) is 13.2 Å². The van der Waals surface area contributed by atoms with Crippen LogP contribution >= 0.6 is 0 Å². The van der Waals surface area contributed by atoms with E-state index in [0.29, 0.717) is 19.7 Å². The van der Waals surface area contributed by atoms with Crippen LogP contribution in [0.15, 0.2) is 17.2 Å². The average molecular weight is 301 g/mol. The predicted molar refractivity (Wildman–Crippen MR) is 72.7 cm³/mol. The van der Waals surface area contributed by atoms with E-state index in [1.807, 2.05) is 6.92 Å². The van der Waals surface area contributed by atoms with Gasteiger partial charge in [0.05, 0.1) is 11.0 Å². The molecular formula is C12H19N3O4S. The molecule has 1 fully saturated rings. The number of aromatic nitrogens is 1. The lowest BCUT2D eigenvalue weighted by molar-refractivity contribution is 0.00705. The van der Waals surface area contributed by atoms with Crippen molar-refractivity contribution in [3.63, 3.8) is 0 Å². The standard InChI is InChI=1S/C12H19N3O4S/c1-2-19-9-4-3-5-15(8-9)12(16)11-6-10(7-14-11)20(13,17)18/h6-7,9,14H,2-5,8H2,1H3,(H2,13,17,18). The van der Waals surface area contributed by atoms with E-state index < -0.39 is 10.0 Å². The Morgan fingerprint density at radius 1 is 1.60 bits per heavy atom. The van der Waals surface area contributed by atoms with Crippen molar-refractivity contribution in [2.24, 2.45) is 5.14 Å². The molecule has 1 aromatic rings. The normalized spacial score (nSPS) is 20.1. The Labute approximate surface area is 118 Å². The third-order valence-corrected chi connectivity index (χ3v) is 4.18. The van der Waals surface area contributed by atoms with Crippen LogP contribution < -0.4 is 5.14 Å². The molecule has 1 aliphatic heterocycles. The number of rotatable bonds is 4. The van der Waals surface area contributed by atoms with E-state index in [4.69, 9.17) is 9.88 Å². The highest BCUT2D eigenvalue weighted by molar-refractivity contribution is 7.89. The molecule has 0 aliphatic carbocycles. The molecule has 7 nitrogen and oxygen atoms in total. The number of nitrogens with one attached hydrogen (secondary N) is 1. The summed E-state index contributed by atoms with van der Waals surface area (Å²) in [7, 11) is -3.79. The van der Waals surface area contributed by atoms with Crippen molar-refractivity contribution < 1.29 is 17.9 Å². The van der Waals surface area contributed by atoms with Gasteiger partial charge in [-0.3, -0.25) is 4.79 Å². The third-order valence-electron chi connectivity index (χ3n) is 3.28. The number of hydrogen-bond acceptors (Lipinski definition) is 4. The van der Waals surface area contributed by atoms with Gasteiger partial charge in [0.25, 0.3) is 5.91 Å². The summed E-state index contributed by atoms with van der Waals surface area (Å²) in [6, 6.07) is 1.27. The van der Waals surface area contributed by atoms with E-state index in [2.05, 4.69) is 4.98 Å². The van der Waals surface area contributed by atoms with E-state index in [1.54, 1.807) is 4.90 Å². The lowest BCUT2D eigenvalue weighted by atomic mass is 10.1. The van der Waals surface area contributed by atoms with Gasteiger partial charge in [0.2, 0.25) is 10.0 Å². The van der Waals surface area contributed by atoms with Gasteiger partial charge in [-0.2, -0.15) is 0 Å². The maximum Gasteiger partial charge on any atom is 0.270 e. The molecule has 3 N–H and O–H groups in total. The Bertz CT molecular complexity index is 579. The van der Waals surface area contributed by atoms with Crippen molar-refractivity contribution in [1.29, 1.82) is 0 Å². The van der Waals surface area contributed by atoms with Crippen LogP contribution in [0.1, 0.15) is 30.3 Å². The Morgan fingerprint density at radius 2 is 2.35 bits per heavy atom. The van der Waals surface area contributed by atoms with Crippen LogP contribution in [0, 0.1) is 0 Å². The number of H-pyrrole nitrogens is 1. The monoisotopic (exact) mass is 301 g/mol. The Morgan fingerprint density at radius 3 is 2.95 bits per heavy atom. The number of primary sulfonamides is 1. The number of ether oxygens (including phenoxy) is 1. The quantitative estimate of drug-likeness (QED) is 0.834. The molecule has 1 aromatic heterocycles. The van der Waals surface area contributed by atoms with Crippen molar-refractivity contribution in [3.8, 4) is 0 Å². The van der Waals surface area contributed by atoms with Crippen LogP contribution in [0.4, 0.5) is 0 Å². The first-order valence-electron chi connectivity index (χ1n) is 6.54. The molecule has 1 saturated heterocycles. The minimum Gasteiger partial charge on any atom is -0.377 e. The predicted octanol–water partition coefficient (Wildman–Crippen LogP) is 0.303. The largest absolute Gasteiger partial charge is 0.377 e. The minimum absolute atomic E-state index is 0.0466. The highest BCUT2D eigenvalue weighted by Crippen LogP contribution is 2.17. The number of amides is 1. The van der Waals surface area contributed by atoms with Gasteiger partial charge in [-0.1, -0.05) is 0 Å². The summed E-state index contributed by atoms with van der Waals surface area (Å²) >= 11 is 0. The molecular weight excluding hydrogens is 282 g/mol. The van der Waals surface area contributed by atoms with Crippen LogP contribution in [0.3, 0.4) is 0 Å². The number of sulfonamides is 1. The zero-order valence-electron chi connectivity index (χ0n) is 11.3. The second kappa shape index (κ2) is 5.94. The van der Waals surface area contributed by atoms with Crippen LogP contribution in [-0.4, -0.2) is 50.0 Å². The zero-order chi connectivity index (χ0) is 14.8. The molecule has 1 amide bonds. The molecule has 0 spiro atoms. The zero-order valence-corrected chi connectivity index (χ0v) is 12.1. The molecule has 1 aliphatic rings. The van der Waals surface area contributed by atoms with Gasteiger partial charge >= 0.3 is 0 Å². The molecule has 2 rings (SSSR count). The lowest BCUT2D eigenvalue weighted by Gasteiger charge is -2.32. The minimum atomic E-state index is -3.79. The number of likely N-dealkylation sites (tertiary alicyclic amines) is 1. The fraction of sp³-hybridized carbons (Fsp3) is 0.583. The van der Waals surface area contributed by atoms with Crippen molar-refractivity contribution in [3.05, 3.63) is 18.0 Å². The fourth-order valence-electron chi connectivity index (χ4n) is 2.33. The van der Waals surface area contributed by atoms with E-state index in [0.717, 1.165) is 12.8 Å². The molecule has 1 atom stereocenters. The Balaban J connectivity index is 2.09. The molecule has 8 heteroatoms. The fourth-order valence-corrected chi connectivity index (χ4v) is 2.83. The second-order valence-corrected chi connectivity index (χ2v) is 6.33. The molecule has 112 valence electrons. The molecule has 1 unspecified atom stereocenters. The van der Waals surface area contributed by atoms with Crippen LogP contribution in [0.25, 0.3) is 0 Å². The Hall–Kier alpha value is -1.38. The number of carbonyl (C=O) groups is 1. The smallest absolute Gasteiger partial charge is 0.270 e. The first-order valence-corrected chi connectivity index (χ1v) is 8.08. The Kier molecular flexibility index (Phi) is 4.46. The summed E-state index contributed by atoms with van der Waals surface area (Å²) in [5.74, 6) is -0.232. The molecule has 2 heterocycles. The maximum absolute atomic E-state index is 12.3. The van der Waals surface area contributed by atoms with Gasteiger partial charge in [-0.15, -0.1) is 0 Å². The van der Waals surface area contributed by atoms with Crippen molar-refractivity contribution >= 4 is 15.9 Å². The number of piperidine rings is 1. The first-order chi connectivity index (χ1) is 9.41. The third kappa shape index (κ3) is 3.38. The van der Waals surface area contributed by atoms with Crippen LogP contribution in [0.5, 0.6) is 0 Å². The number of aromatic amines is 1. The summed E-state index contributed by atoms with van der Waals surface area (Å²) < 4.78 is 27.9. The summed E-state index contributed by atoms with van der Waals surface area (Å²) in [6.45, 7) is 3.71. The number of carbonyl (C=O) groups excluding carboxylic acids is 1. The summed E-state index contributed by atoms with van der Waals surface area (Å²) in [6.07, 6.45) is 3.08. The van der Waals surface area contributed by atoms with E-state index >= 15 is 0 Å². The first kappa shape index (κ1) is 15.0. The highest BCUT2D eigenvalue weighted by atomic mass is 32.2. The highest BCUT2D eigenvalue weighted by Gasteiger charge is 2.26. The van der Waals surface area contributed by atoms with Crippen molar-refractivity contribution in [1.82, 2.24) is 9.88 Å². The maximum atomic E-state index is 12.3. The summed E-state index contributed by atoms with van der Waals surface area (Å²) in [5, 5.41) is 5.02. The topological polar surface area (TPSA) is 105 Å². The molecule has 20 heavy (non-hydrogen) atoms. The number of nitrogens with two attached hydrogens (primary N) is 1. The molecule has 0 aromatic carbocycles. The average Bonchev–Trinajstić information content (AvgIpc) is 2.88. The number of nitrogens with zero attached hydrogens (tertiary/aromatic N) is 1. The van der Waals surface area contributed by atoms with Gasteiger partial charge < -0.3 is 14.6 Å². The van der Waals surface area contributed by atoms with Gasteiger partial charge in [0.15, 0.2) is 0 Å². The van der Waals surface area contributed by atoms with E-state index in [-0.39, 0.29) is 22.6 Å². The second-order valence-electron chi connectivity index (χ2n) is 4.76. The van der Waals surface area contributed by atoms with Gasteiger partial charge in [-0.05, 0) is 25.8 Å². The SMILES string of the molecule is CCOC1CCCN(C(=O)c2cc(S(N)(=O)=O)c[nH]2)C1. The van der Waals surface area contributed by atoms with Gasteiger partial charge in [0, 0.05) is 25.9 Å². The molecule has 0 saturated carbocycles. The number of hydrogen-bond donors (Lipinski definition) is 2. The lowest BCUT2D eigenvalue weighted by Crippen LogP contribution is -2.43. The molecule has 0 radical (unpaired) electrons. The summed E-state index contributed by atoms with van der Waals surface area (Å²) in [4.78, 5) is 16.5. The van der Waals surface area contributed by atoms with Gasteiger partial charge in [-0.25, -0.2) is 13.6 Å². The summed E-state index contributed by atoms with van der Waals surface area (Å²) in [5.41, 5.74) is 0.228. The molecule has 0 bridgehead atoms. The van der Waals surface area contributed by atoms with Gasteiger partial charge in [0.1, 0.15) is 5.69 Å². The van der Waals surface area contributed by atoms with E-state index in [1.165, 1.54) is 12.3 Å².